The van der Waals surface area contributed by atoms with Crippen molar-refractivity contribution in [3.8, 4) is 17.0 Å². The Labute approximate surface area is 137 Å². The zero-order valence-electron chi connectivity index (χ0n) is 12.8. The van der Waals surface area contributed by atoms with E-state index in [0.717, 1.165) is 25.1 Å². The Morgan fingerprint density at radius 2 is 2.23 bits per heavy atom. The van der Waals surface area contributed by atoms with E-state index in [1.165, 1.54) is 16.7 Å². The largest absolute Gasteiger partial charge is 0.481 e. The standard InChI is InChI=1S/C17H20N2O2.ClH/c1-18-11-16-15-5-3-4-13(14(15)7-9-21-16)12-6-8-19-17(10-12)20-2;/h3-6,8,10,16,18H,7,9,11H2,1-2H3;1H/t16-;/m1./s1. The van der Waals surface area contributed by atoms with E-state index in [2.05, 4.69) is 28.5 Å². The van der Waals surface area contributed by atoms with E-state index in [9.17, 15) is 0 Å². The third-order valence-electron chi connectivity index (χ3n) is 3.87. The molecule has 2 aromatic rings. The molecule has 22 heavy (non-hydrogen) atoms. The summed E-state index contributed by atoms with van der Waals surface area (Å²) in [5.41, 5.74) is 5.04. The first kappa shape index (κ1) is 16.7. The smallest absolute Gasteiger partial charge is 0.213 e. The lowest BCUT2D eigenvalue weighted by Crippen LogP contribution is -2.25. The van der Waals surface area contributed by atoms with Crippen molar-refractivity contribution in [3.63, 3.8) is 0 Å². The van der Waals surface area contributed by atoms with Crippen LogP contribution in [0.1, 0.15) is 17.2 Å². The maximum absolute atomic E-state index is 5.88. The number of pyridine rings is 1. The molecule has 5 heteroatoms. The lowest BCUT2D eigenvalue weighted by molar-refractivity contribution is 0.0440. The van der Waals surface area contributed by atoms with Crippen LogP contribution in [0, 0.1) is 0 Å². The summed E-state index contributed by atoms with van der Waals surface area (Å²) in [6.45, 7) is 1.59. The number of likely N-dealkylation sites (N-methyl/N-ethyl adjacent to an activating group) is 1. The molecule has 0 aliphatic carbocycles. The third-order valence-corrected chi connectivity index (χ3v) is 3.87. The minimum atomic E-state index is 0. The van der Waals surface area contributed by atoms with Gasteiger partial charge in [-0.2, -0.15) is 0 Å². The van der Waals surface area contributed by atoms with E-state index in [0.29, 0.717) is 5.88 Å². The van der Waals surface area contributed by atoms with Crippen molar-refractivity contribution < 1.29 is 9.47 Å². The molecule has 1 aromatic carbocycles. The number of nitrogens with zero attached hydrogens (tertiary/aromatic N) is 1. The van der Waals surface area contributed by atoms with Crippen LogP contribution in [-0.2, 0) is 11.2 Å². The van der Waals surface area contributed by atoms with Crippen LogP contribution in [0.2, 0.25) is 0 Å². The van der Waals surface area contributed by atoms with Crippen molar-refractivity contribution >= 4 is 12.4 Å². The average molecular weight is 321 g/mol. The Balaban J connectivity index is 0.00000176. The first-order chi connectivity index (χ1) is 10.3. The molecule has 1 aromatic heterocycles. The molecule has 0 amide bonds. The maximum Gasteiger partial charge on any atom is 0.213 e. The number of rotatable bonds is 4. The van der Waals surface area contributed by atoms with Gasteiger partial charge in [-0.1, -0.05) is 18.2 Å². The summed E-state index contributed by atoms with van der Waals surface area (Å²) in [6, 6.07) is 10.4. The molecule has 3 rings (SSSR count). The molecule has 1 atom stereocenters. The van der Waals surface area contributed by atoms with Gasteiger partial charge >= 0.3 is 0 Å². The number of ether oxygens (including phenoxy) is 2. The van der Waals surface area contributed by atoms with Crippen LogP contribution >= 0.6 is 12.4 Å². The fourth-order valence-electron chi connectivity index (χ4n) is 2.89. The van der Waals surface area contributed by atoms with E-state index in [4.69, 9.17) is 9.47 Å². The molecule has 0 spiro atoms. The van der Waals surface area contributed by atoms with Crippen LogP contribution in [-0.4, -0.2) is 32.3 Å². The first-order valence-electron chi connectivity index (χ1n) is 7.22. The SMILES string of the molecule is CNC[C@H]1OCCc2c(-c3ccnc(OC)c3)cccc21.Cl. The first-order valence-corrected chi connectivity index (χ1v) is 7.22. The van der Waals surface area contributed by atoms with Gasteiger partial charge in [-0.3, -0.25) is 0 Å². The van der Waals surface area contributed by atoms with Gasteiger partial charge in [0.15, 0.2) is 0 Å². The number of nitrogens with one attached hydrogen (secondary N) is 1. The number of methoxy groups -OCH3 is 1. The van der Waals surface area contributed by atoms with Crippen molar-refractivity contribution in [2.75, 3.05) is 27.3 Å². The third kappa shape index (κ3) is 3.24. The summed E-state index contributed by atoms with van der Waals surface area (Å²) in [7, 11) is 3.60. The van der Waals surface area contributed by atoms with Gasteiger partial charge in [0.25, 0.3) is 0 Å². The molecule has 1 aliphatic rings. The number of aromatic nitrogens is 1. The molecular weight excluding hydrogens is 300 g/mol. The van der Waals surface area contributed by atoms with Gasteiger partial charge in [-0.15, -0.1) is 12.4 Å². The molecule has 0 unspecified atom stereocenters. The quantitative estimate of drug-likeness (QED) is 0.940. The monoisotopic (exact) mass is 320 g/mol. The van der Waals surface area contributed by atoms with Gasteiger partial charge in [-0.05, 0) is 41.8 Å². The van der Waals surface area contributed by atoms with Crippen LogP contribution in [0.5, 0.6) is 5.88 Å². The molecule has 1 N–H and O–H groups in total. The highest BCUT2D eigenvalue weighted by molar-refractivity contribution is 5.85. The molecule has 0 saturated heterocycles. The second-order valence-corrected chi connectivity index (χ2v) is 5.13. The summed E-state index contributed by atoms with van der Waals surface area (Å²) < 4.78 is 11.1. The molecule has 1 aliphatic heterocycles. The Bertz CT molecular complexity index is 634. The van der Waals surface area contributed by atoms with Crippen molar-refractivity contribution in [2.45, 2.75) is 12.5 Å². The highest BCUT2D eigenvalue weighted by Gasteiger charge is 2.22. The minimum Gasteiger partial charge on any atom is -0.481 e. The normalized spacial score (nSPS) is 16.5. The number of halogens is 1. The van der Waals surface area contributed by atoms with Crippen LogP contribution < -0.4 is 10.1 Å². The highest BCUT2D eigenvalue weighted by Crippen LogP contribution is 2.34. The number of benzene rings is 1. The van der Waals surface area contributed by atoms with Crippen molar-refractivity contribution in [3.05, 3.63) is 47.7 Å². The summed E-state index contributed by atoms with van der Waals surface area (Å²) in [4.78, 5) is 4.18. The summed E-state index contributed by atoms with van der Waals surface area (Å²) in [5.74, 6) is 0.643. The lowest BCUT2D eigenvalue weighted by Gasteiger charge is -2.28. The Hall–Kier alpha value is -1.62. The van der Waals surface area contributed by atoms with Gasteiger partial charge in [0.05, 0.1) is 19.8 Å². The van der Waals surface area contributed by atoms with Gasteiger partial charge < -0.3 is 14.8 Å². The zero-order valence-corrected chi connectivity index (χ0v) is 13.7. The maximum atomic E-state index is 5.88. The molecule has 2 heterocycles. The second-order valence-electron chi connectivity index (χ2n) is 5.13. The van der Waals surface area contributed by atoms with E-state index < -0.39 is 0 Å². The molecule has 118 valence electrons. The van der Waals surface area contributed by atoms with Gasteiger partial charge in [0, 0.05) is 18.8 Å². The molecule has 0 bridgehead atoms. The summed E-state index contributed by atoms with van der Waals surface area (Å²) in [6.07, 6.45) is 2.86. The summed E-state index contributed by atoms with van der Waals surface area (Å²) in [5, 5.41) is 3.20. The van der Waals surface area contributed by atoms with E-state index in [1.807, 2.05) is 19.2 Å². The van der Waals surface area contributed by atoms with Gasteiger partial charge in [0.2, 0.25) is 5.88 Å². The Morgan fingerprint density at radius 1 is 1.36 bits per heavy atom. The van der Waals surface area contributed by atoms with E-state index >= 15 is 0 Å². The van der Waals surface area contributed by atoms with Crippen molar-refractivity contribution in [2.24, 2.45) is 0 Å². The van der Waals surface area contributed by atoms with Gasteiger partial charge in [-0.25, -0.2) is 4.98 Å². The number of fused-ring (bicyclic) bond motifs is 1. The Morgan fingerprint density at radius 3 is 3.00 bits per heavy atom. The topological polar surface area (TPSA) is 43.4 Å². The van der Waals surface area contributed by atoms with Crippen LogP contribution in [0.4, 0.5) is 0 Å². The van der Waals surface area contributed by atoms with E-state index in [-0.39, 0.29) is 18.5 Å². The fourth-order valence-corrected chi connectivity index (χ4v) is 2.89. The van der Waals surface area contributed by atoms with Crippen LogP contribution in [0.25, 0.3) is 11.1 Å². The Kier molecular flexibility index (Phi) is 5.77. The number of hydrogen-bond donors (Lipinski definition) is 1. The predicted molar refractivity (Wildman–Crippen MR) is 89.8 cm³/mol. The molecule has 0 radical (unpaired) electrons. The highest BCUT2D eigenvalue weighted by atomic mass is 35.5. The zero-order chi connectivity index (χ0) is 14.7. The molecule has 4 nitrogen and oxygen atoms in total. The minimum absolute atomic E-state index is 0. The van der Waals surface area contributed by atoms with Crippen molar-refractivity contribution in [1.29, 1.82) is 0 Å². The lowest BCUT2D eigenvalue weighted by atomic mass is 9.90. The number of hydrogen-bond acceptors (Lipinski definition) is 4. The van der Waals surface area contributed by atoms with Gasteiger partial charge in [0.1, 0.15) is 0 Å². The molecule has 0 saturated carbocycles. The molecule has 0 fully saturated rings. The van der Waals surface area contributed by atoms with Crippen LogP contribution in [0.3, 0.4) is 0 Å². The van der Waals surface area contributed by atoms with E-state index in [1.54, 1.807) is 13.3 Å². The fraction of sp³-hybridized carbons (Fsp3) is 0.353. The second kappa shape index (κ2) is 7.58. The average Bonchev–Trinajstić information content (AvgIpc) is 2.55. The predicted octanol–water partition coefficient (Wildman–Crippen LogP) is 3.01. The molecular formula is C17H21ClN2O2. The van der Waals surface area contributed by atoms with Crippen molar-refractivity contribution in [1.82, 2.24) is 10.3 Å². The van der Waals surface area contributed by atoms with Crippen LogP contribution in [0.15, 0.2) is 36.5 Å². The summed E-state index contributed by atoms with van der Waals surface area (Å²) >= 11 is 0.